The zero-order valence-corrected chi connectivity index (χ0v) is 19.1. The molecular formula is C23H34N2O6. The van der Waals surface area contributed by atoms with Crippen LogP contribution in [0, 0.1) is 10.8 Å². The van der Waals surface area contributed by atoms with Crippen LogP contribution in [0.5, 0.6) is 5.75 Å². The number of hydrogen-bond donors (Lipinski definition) is 1. The number of ether oxygens (including phenoxy) is 2. The SMILES string of the molecule is CCC(=O)[O-].CCCCC(CC)CC1C(=C(OC)c2ccccc2OC)NC(=O)[N+]1=O. The summed E-state index contributed by atoms with van der Waals surface area (Å²) in [6, 6.07) is 6.21. The molecule has 172 valence electrons. The number of para-hydroxylation sites is 1. The van der Waals surface area contributed by atoms with Gasteiger partial charge in [-0.15, -0.1) is 0 Å². The molecule has 2 rings (SSSR count). The zero-order valence-electron chi connectivity index (χ0n) is 19.1. The highest BCUT2D eigenvalue weighted by molar-refractivity contribution is 5.78. The quantitative estimate of drug-likeness (QED) is 0.445. The van der Waals surface area contributed by atoms with Gasteiger partial charge < -0.3 is 19.4 Å². The van der Waals surface area contributed by atoms with E-state index in [0.29, 0.717) is 34.3 Å². The predicted molar refractivity (Wildman–Crippen MR) is 116 cm³/mol. The second-order valence-corrected chi connectivity index (χ2v) is 7.30. The standard InChI is InChI=1S/C20H28N2O4.C3H6O2/c1-5-7-10-14(6-2)13-16-18(21-20(23)22(16)24)19(26-4)15-11-8-9-12-17(15)25-3;1-2-3(4)5/h8-9,11-12,14,16H,5-7,10,13H2,1-4H3;2H2,1H3,(H,4,5). The maximum Gasteiger partial charge on any atom is 0.535 e. The van der Waals surface area contributed by atoms with Crippen molar-refractivity contribution in [3.63, 3.8) is 0 Å². The topological polar surface area (TPSA) is 108 Å². The molecule has 1 heterocycles. The first kappa shape index (κ1) is 26.1. The zero-order chi connectivity index (χ0) is 23.4. The van der Waals surface area contributed by atoms with Crippen molar-refractivity contribution in [3.05, 3.63) is 40.4 Å². The molecule has 1 aromatic carbocycles. The van der Waals surface area contributed by atoms with Crippen molar-refractivity contribution >= 4 is 17.8 Å². The monoisotopic (exact) mass is 434 g/mol. The Morgan fingerprint density at radius 2 is 1.87 bits per heavy atom. The number of nitrogens with zero attached hydrogens (tertiary/aromatic N) is 1. The number of carboxylic acid groups (broad SMARTS) is 1. The van der Waals surface area contributed by atoms with Gasteiger partial charge in [-0.05, 0) is 24.5 Å². The molecule has 1 aliphatic rings. The van der Waals surface area contributed by atoms with Crippen molar-refractivity contribution in [2.75, 3.05) is 14.2 Å². The van der Waals surface area contributed by atoms with E-state index < -0.39 is 18.0 Å². The summed E-state index contributed by atoms with van der Waals surface area (Å²) in [5, 5.41) is 12.0. The van der Waals surface area contributed by atoms with Gasteiger partial charge in [0.15, 0.2) is 11.5 Å². The molecule has 0 aromatic heterocycles. The van der Waals surface area contributed by atoms with Crippen molar-refractivity contribution in [3.8, 4) is 5.75 Å². The van der Waals surface area contributed by atoms with E-state index in [1.807, 2.05) is 24.3 Å². The van der Waals surface area contributed by atoms with Gasteiger partial charge >= 0.3 is 6.03 Å². The van der Waals surface area contributed by atoms with Gasteiger partial charge in [0, 0.05) is 17.2 Å². The molecule has 0 spiro atoms. The van der Waals surface area contributed by atoms with Gasteiger partial charge in [-0.1, -0.05) is 63.5 Å². The fraction of sp³-hybridized carbons (Fsp3) is 0.565. The van der Waals surface area contributed by atoms with Gasteiger partial charge in [0.25, 0.3) is 0 Å². The first-order valence-corrected chi connectivity index (χ1v) is 10.7. The summed E-state index contributed by atoms with van der Waals surface area (Å²) >= 11 is 0. The number of aliphatic carboxylic acids is 1. The Kier molecular flexibility index (Phi) is 11.3. The molecule has 2 unspecified atom stereocenters. The lowest BCUT2D eigenvalue weighted by molar-refractivity contribution is -0.471. The summed E-state index contributed by atoms with van der Waals surface area (Å²) in [6.07, 6.45) is 5.00. The molecule has 0 saturated carbocycles. The number of benzene rings is 1. The van der Waals surface area contributed by atoms with E-state index in [2.05, 4.69) is 19.2 Å². The number of unbranched alkanes of at least 4 members (excludes halogenated alkanes) is 1. The minimum Gasteiger partial charge on any atom is -0.550 e. The van der Waals surface area contributed by atoms with E-state index in [1.54, 1.807) is 14.2 Å². The Bertz CT molecular complexity index is 790. The average molecular weight is 435 g/mol. The van der Waals surface area contributed by atoms with Crippen LogP contribution in [-0.4, -0.2) is 37.0 Å². The van der Waals surface area contributed by atoms with E-state index in [4.69, 9.17) is 9.47 Å². The molecular weight excluding hydrogens is 400 g/mol. The number of nitroso groups, excluding NO2 is 1. The van der Waals surface area contributed by atoms with Crippen LogP contribution >= 0.6 is 0 Å². The number of carbonyl (C=O) groups is 2. The van der Waals surface area contributed by atoms with Crippen LogP contribution in [0.1, 0.15) is 64.9 Å². The summed E-state index contributed by atoms with van der Waals surface area (Å²) in [5.41, 5.74) is 1.24. The molecule has 0 aliphatic carbocycles. The molecule has 1 aliphatic heterocycles. The highest BCUT2D eigenvalue weighted by Crippen LogP contribution is 2.34. The van der Waals surface area contributed by atoms with Crippen LogP contribution in [0.2, 0.25) is 0 Å². The van der Waals surface area contributed by atoms with Crippen molar-refractivity contribution in [1.82, 2.24) is 5.32 Å². The second-order valence-electron chi connectivity index (χ2n) is 7.30. The Balaban J connectivity index is 0.000000861. The number of carbonyl (C=O) groups excluding carboxylic acids is 2. The number of nitrogens with one attached hydrogen (secondary N) is 1. The van der Waals surface area contributed by atoms with Gasteiger partial charge in [-0.3, -0.25) is 0 Å². The molecule has 8 heteroatoms. The summed E-state index contributed by atoms with van der Waals surface area (Å²) in [7, 11) is 3.12. The van der Waals surface area contributed by atoms with E-state index in [9.17, 15) is 19.6 Å². The van der Waals surface area contributed by atoms with Gasteiger partial charge in [0.1, 0.15) is 5.75 Å². The second kappa shape index (κ2) is 13.4. The highest BCUT2D eigenvalue weighted by atomic mass is 16.5. The van der Waals surface area contributed by atoms with Crippen LogP contribution in [0.25, 0.3) is 5.76 Å². The Hall–Kier alpha value is -2.90. The lowest BCUT2D eigenvalue weighted by atomic mass is 9.90. The van der Waals surface area contributed by atoms with Gasteiger partial charge in [0.2, 0.25) is 6.04 Å². The third-order valence-electron chi connectivity index (χ3n) is 5.25. The van der Waals surface area contributed by atoms with Crippen molar-refractivity contribution in [2.45, 2.75) is 65.3 Å². The Labute approximate surface area is 184 Å². The lowest BCUT2D eigenvalue weighted by Gasteiger charge is -2.17. The number of carboxylic acids is 1. The largest absolute Gasteiger partial charge is 0.550 e. The third-order valence-corrected chi connectivity index (χ3v) is 5.25. The molecule has 0 bridgehead atoms. The van der Waals surface area contributed by atoms with Crippen molar-refractivity contribution < 1.29 is 28.9 Å². The Morgan fingerprint density at radius 3 is 2.39 bits per heavy atom. The van der Waals surface area contributed by atoms with E-state index >= 15 is 0 Å². The number of hydrogen-bond acceptors (Lipinski definition) is 6. The molecule has 31 heavy (non-hydrogen) atoms. The minimum atomic E-state index is -0.995. The number of methoxy groups -OCH3 is 2. The van der Waals surface area contributed by atoms with Crippen LogP contribution in [0.4, 0.5) is 4.79 Å². The van der Waals surface area contributed by atoms with Crippen LogP contribution in [0.3, 0.4) is 0 Å². The summed E-state index contributed by atoms with van der Waals surface area (Å²) in [4.78, 5) is 33.8. The smallest absolute Gasteiger partial charge is 0.535 e. The third kappa shape index (κ3) is 7.38. The Morgan fingerprint density at radius 1 is 1.23 bits per heavy atom. The summed E-state index contributed by atoms with van der Waals surface area (Å²) in [6.45, 7) is 5.82. The fourth-order valence-corrected chi connectivity index (χ4v) is 3.43. The van der Waals surface area contributed by atoms with E-state index in [-0.39, 0.29) is 6.42 Å². The average Bonchev–Trinajstić information content (AvgIpc) is 3.05. The van der Waals surface area contributed by atoms with Crippen LogP contribution < -0.4 is 15.2 Å². The van der Waals surface area contributed by atoms with Crippen molar-refractivity contribution in [1.29, 1.82) is 0 Å². The number of rotatable bonds is 10. The molecule has 1 saturated heterocycles. The normalized spacial score (nSPS) is 17.9. The van der Waals surface area contributed by atoms with E-state index in [1.165, 1.54) is 6.92 Å². The molecule has 0 radical (unpaired) electrons. The minimum absolute atomic E-state index is 0.111. The maximum absolute atomic E-state index is 12.4. The molecule has 1 N–H and O–H groups in total. The van der Waals surface area contributed by atoms with Crippen LogP contribution in [-0.2, 0) is 9.53 Å². The molecule has 2 amide bonds. The maximum atomic E-state index is 12.4. The molecule has 8 nitrogen and oxygen atoms in total. The molecule has 2 atom stereocenters. The summed E-state index contributed by atoms with van der Waals surface area (Å²) in [5.74, 6) is 0.497. The fourth-order valence-electron chi connectivity index (χ4n) is 3.43. The number of urea groups is 1. The van der Waals surface area contributed by atoms with Crippen molar-refractivity contribution in [2.24, 2.45) is 5.92 Å². The lowest BCUT2D eigenvalue weighted by Crippen LogP contribution is -2.24. The van der Waals surface area contributed by atoms with Gasteiger partial charge in [-0.2, -0.15) is 10.1 Å². The first-order chi connectivity index (χ1) is 14.8. The highest BCUT2D eigenvalue weighted by Gasteiger charge is 2.47. The number of amides is 2. The first-order valence-electron chi connectivity index (χ1n) is 10.7. The predicted octanol–water partition coefficient (Wildman–Crippen LogP) is 3.63. The molecule has 1 aromatic rings. The van der Waals surface area contributed by atoms with Crippen LogP contribution in [0.15, 0.2) is 30.0 Å². The summed E-state index contributed by atoms with van der Waals surface area (Å²) < 4.78 is 11.6. The molecule has 1 fully saturated rings. The van der Waals surface area contributed by atoms with Gasteiger partial charge in [-0.25, -0.2) is 0 Å². The van der Waals surface area contributed by atoms with Gasteiger partial charge in [0.05, 0.1) is 19.8 Å². The van der Waals surface area contributed by atoms with E-state index in [0.717, 1.165) is 31.2 Å².